The van der Waals surface area contributed by atoms with Crippen LogP contribution in [0.5, 0.6) is 0 Å². The Bertz CT molecular complexity index is 2850. The highest BCUT2D eigenvalue weighted by Gasteiger charge is 2.58. The van der Waals surface area contributed by atoms with E-state index in [1.54, 1.807) is 11.1 Å². The summed E-state index contributed by atoms with van der Waals surface area (Å²) in [6.07, 6.45) is 8.11. The van der Waals surface area contributed by atoms with Gasteiger partial charge in [-0.05, 0) is 159 Å². The third-order valence-corrected chi connectivity index (χ3v) is 14.7. The van der Waals surface area contributed by atoms with Gasteiger partial charge in [0.15, 0.2) is 0 Å². The van der Waals surface area contributed by atoms with Crippen molar-refractivity contribution in [2.24, 2.45) is 11.8 Å². The van der Waals surface area contributed by atoms with Crippen LogP contribution in [0.25, 0.3) is 86.9 Å². The second kappa shape index (κ2) is 10.5. The molecule has 0 aromatic heterocycles. The predicted molar refractivity (Wildman–Crippen MR) is 229 cm³/mol. The topological polar surface area (TPSA) is 0 Å². The van der Waals surface area contributed by atoms with E-state index in [-0.39, 0.29) is 10.8 Å². The zero-order chi connectivity index (χ0) is 35.2. The summed E-state index contributed by atoms with van der Waals surface area (Å²) in [6.45, 7) is 0. The summed E-state index contributed by atoms with van der Waals surface area (Å²) in [5.74, 6) is 1.64. The quantitative estimate of drug-likeness (QED) is 0.161. The fraction of sp³-hybridized carbons (Fsp3) is 0.185. The molecule has 0 atom stereocenters. The summed E-state index contributed by atoms with van der Waals surface area (Å²) in [7, 11) is 0. The molecule has 54 heavy (non-hydrogen) atoms. The van der Waals surface area contributed by atoms with Gasteiger partial charge in [-0.25, -0.2) is 0 Å². The molecule has 4 bridgehead atoms. The van der Waals surface area contributed by atoms with Crippen molar-refractivity contribution in [3.63, 3.8) is 0 Å². The minimum atomic E-state index is 0.274. The lowest BCUT2D eigenvalue weighted by atomic mass is 9.41. The molecule has 14 rings (SSSR count). The van der Waals surface area contributed by atoms with Crippen molar-refractivity contribution >= 4 is 64.6 Å². The Morgan fingerprint density at radius 1 is 0.333 bits per heavy atom. The molecule has 4 aliphatic rings. The van der Waals surface area contributed by atoms with Crippen molar-refractivity contribution in [3.8, 4) is 22.3 Å². The Labute approximate surface area is 315 Å². The lowest BCUT2D eigenvalue weighted by Gasteiger charge is -2.63. The van der Waals surface area contributed by atoms with Crippen LogP contribution in [0.1, 0.15) is 49.7 Å². The van der Waals surface area contributed by atoms with Gasteiger partial charge in [-0.3, -0.25) is 0 Å². The molecule has 0 spiro atoms. The van der Waals surface area contributed by atoms with Gasteiger partial charge in [0.05, 0.1) is 0 Å². The number of hydrogen-bond donors (Lipinski definition) is 0. The minimum absolute atomic E-state index is 0.274. The minimum Gasteiger partial charge on any atom is -0.0610 e. The molecule has 4 saturated carbocycles. The lowest BCUT2D eigenvalue weighted by molar-refractivity contribution is -0.0281. The van der Waals surface area contributed by atoms with Gasteiger partial charge in [-0.2, -0.15) is 0 Å². The molecule has 0 radical (unpaired) electrons. The van der Waals surface area contributed by atoms with Crippen LogP contribution >= 0.6 is 0 Å². The smallest absolute Gasteiger partial charge is 0.00206 e. The standard InChI is InChI=1S/C54H40/c1-3-37-7-9-41-15-23-45(47-25-17-39(5-1)49(37)51(41)47)35-11-19-43(20-12-35)53-28-33-27-34(29-53)31-54(30-33,32-53)44-21-13-36(14-22-44)46-24-16-42-10-8-38-4-2-6-40-18-26-48(46)52(42)50(38)40/h1-26,33-34H,27-32H2. The fourth-order valence-electron chi connectivity index (χ4n) is 12.9. The highest BCUT2D eigenvalue weighted by molar-refractivity contribution is 6.26. The van der Waals surface area contributed by atoms with Gasteiger partial charge in [-0.1, -0.05) is 158 Å². The van der Waals surface area contributed by atoms with Crippen LogP contribution < -0.4 is 0 Å². The summed E-state index contributed by atoms with van der Waals surface area (Å²) in [4.78, 5) is 0. The molecule has 256 valence electrons. The molecule has 0 heteroatoms. The van der Waals surface area contributed by atoms with Crippen molar-refractivity contribution in [1.29, 1.82) is 0 Å². The third-order valence-electron chi connectivity index (χ3n) is 14.7. The van der Waals surface area contributed by atoms with Gasteiger partial charge in [0.25, 0.3) is 0 Å². The highest BCUT2D eigenvalue weighted by atomic mass is 14.6. The normalized spacial score (nSPS) is 23.6. The van der Waals surface area contributed by atoms with Gasteiger partial charge in [0, 0.05) is 0 Å². The Morgan fingerprint density at radius 2 is 0.685 bits per heavy atom. The van der Waals surface area contributed by atoms with Crippen LogP contribution in [0.4, 0.5) is 0 Å². The summed E-state index contributed by atoms with van der Waals surface area (Å²) >= 11 is 0. The average molecular weight is 689 g/mol. The van der Waals surface area contributed by atoms with E-state index in [0.717, 1.165) is 11.8 Å². The van der Waals surface area contributed by atoms with E-state index in [1.165, 1.54) is 125 Å². The van der Waals surface area contributed by atoms with Crippen molar-refractivity contribution in [2.45, 2.75) is 49.4 Å². The Balaban J connectivity index is 0.858. The predicted octanol–water partition coefficient (Wildman–Crippen LogP) is 14.6. The first-order chi connectivity index (χ1) is 26.6. The first-order valence-electron chi connectivity index (χ1n) is 20.2. The molecule has 0 heterocycles. The second-order valence-electron chi connectivity index (χ2n) is 17.6. The number of benzene rings is 10. The second-order valence-corrected chi connectivity index (χ2v) is 17.6. The molecule has 10 aromatic carbocycles. The molecule has 4 fully saturated rings. The Kier molecular flexibility index (Phi) is 5.77. The summed E-state index contributed by atoms with van der Waals surface area (Å²) < 4.78 is 0. The van der Waals surface area contributed by atoms with Crippen LogP contribution in [0.3, 0.4) is 0 Å². The third kappa shape index (κ3) is 3.99. The SMILES string of the molecule is c1cc2ccc3ccc(-c4ccc(C56CC7CC(C5)CC(c5ccc(-c8ccc9ccc%10cccc%11ccc8c9c%10%11)cc5)(C7)C6)cc4)c4ccc(c1)c2c34. The molecule has 0 amide bonds. The van der Waals surface area contributed by atoms with E-state index in [0.29, 0.717) is 0 Å². The van der Waals surface area contributed by atoms with E-state index < -0.39 is 0 Å². The molecule has 0 aliphatic heterocycles. The van der Waals surface area contributed by atoms with Crippen LogP contribution in [0, 0.1) is 11.8 Å². The van der Waals surface area contributed by atoms with Crippen LogP contribution in [0.2, 0.25) is 0 Å². The molecular weight excluding hydrogens is 649 g/mol. The lowest BCUT2D eigenvalue weighted by Crippen LogP contribution is -2.55. The van der Waals surface area contributed by atoms with Gasteiger partial charge >= 0.3 is 0 Å². The number of hydrogen-bond acceptors (Lipinski definition) is 0. The van der Waals surface area contributed by atoms with Gasteiger partial charge in [-0.15, -0.1) is 0 Å². The van der Waals surface area contributed by atoms with Crippen LogP contribution in [0.15, 0.2) is 158 Å². The van der Waals surface area contributed by atoms with E-state index in [1.807, 2.05) is 0 Å². The van der Waals surface area contributed by atoms with Crippen LogP contribution in [-0.2, 0) is 10.8 Å². The zero-order valence-electron chi connectivity index (χ0n) is 30.4. The van der Waals surface area contributed by atoms with Crippen molar-refractivity contribution in [3.05, 3.63) is 169 Å². The van der Waals surface area contributed by atoms with Gasteiger partial charge in [0.1, 0.15) is 0 Å². The molecule has 10 aromatic rings. The first-order valence-corrected chi connectivity index (χ1v) is 20.2. The molecule has 0 saturated heterocycles. The van der Waals surface area contributed by atoms with E-state index in [9.17, 15) is 0 Å². The maximum Gasteiger partial charge on any atom is -0.00206 e. The van der Waals surface area contributed by atoms with E-state index >= 15 is 0 Å². The molecule has 4 aliphatic carbocycles. The average Bonchev–Trinajstić information content (AvgIpc) is 3.21. The van der Waals surface area contributed by atoms with Gasteiger partial charge in [0.2, 0.25) is 0 Å². The highest BCUT2D eigenvalue weighted by Crippen LogP contribution is 2.66. The summed E-state index contributed by atoms with van der Waals surface area (Å²) in [5, 5.41) is 16.3. The maximum atomic E-state index is 2.52. The maximum absolute atomic E-state index is 2.52. The monoisotopic (exact) mass is 688 g/mol. The molecule has 0 unspecified atom stereocenters. The number of rotatable bonds is 4. The van der Waals surface area contributed by atoms with Gasteiger partial charge < -0.3 is 0 Å². The summed E-state index contributed by atoms with van der Waals surface area (Å²) in [6, 6.07) is 61.1. The fourth-order valence-corrected chi connectivity index (χ4v) is 12.9. The molecule has 0 nitrogen and oxygen atoms in total. The summed E-state index contributed by atoms with van der Waals surface area (Å²) in [5.41, 5.74) is 9.06. The van der Waals surface area contributed by atoms with Crippen molar-refractivity contribution in [2.75, 3.05) is 0 Å². The van der Waals surface area contributed by atoms with Crippen molar-refractivity contribution < 1.29 is 0 Å². The Hall–Kier alpha value is -5.72. The van der Waals surface area contributed by atoms with E-state index in [4.69, 9.17) is 0 Å². The van der Waals surface area contributed by atoms with E-state index in [2.05, 4.69) is 158 Å². The first kappa shape index (κ1) is 29.7. The largest absolute Gasteiger partial charge is 0.0610 e. The molecule has 0 N–H and O–H groups in total. The molecular formula is C54H40. The van der Waals surface area contributed by atoms with Crippen LogP contribution in [-0.4, -0.2) is 0 Å². The van der Waals surface area contributed by atoms with Crippen molar-refractivity contribution in [1.82, 2.24) is 0 Å². The Morgan fingerprint density at radius 3 is 1.09 bits per heavy atom. The zero-order valence-corrected chi connectivity index (χ0v) is 30.4.